The first-order chi connectivity index (χ1) is 9.33. The van der Waals surface area contributed by atoms with Crippen LogP contribution in [0.3, 0.4) is 0 Å². The Morgan fingerprint density at radius 1 is 0.952 bits per heavy atom. The van der Waals surface area contributed by atoms with Crippen molar-refractivity contribution in [3.63, 3.8) is 0 Å². The van der Waals surface area contributed by atoms with E-state index in [1.165, 1.54) is 51.6 Å². The summed E-state index contributed by atoms with van der Waals surface area (Å²) in [5.41, 5.74) is 0. The predicted octanol–water partition coefficient (Wildman–Crippen LogP) is 1.92. The Bertz CT molecular complexity index is 312. The minimum absolute atomic E-state index is 0. The molecule has 0 atom stereocenters. The minimum atomic E-state index is 0. The highest BCUT2D eigenvalue weighted by atomic mass is 35.5. The fourth-order valence-corrected chi connectivity index (χ4v) is 3.40. The Morgan fingerprint density at radius 2 is 1.57 bits per heavy atom. The quantitative estimate of drug-likeness (QED) is 0.832. The van der Waals surface area contributed by atoms with Gasteiger partial charge in [0.1, 0.15) is 0 Å². The normalized spacial score (nSPS) is 23.5. The molecule has 3 fully saturated rings. The summed E-state index contributed by atoms with van der Waals surface area (Å²) in [4.78, 5) is 16.8. The van der Waals surface area contributed by atoms with Crippen LogP contribution in [0.25, 0.3) is 0 Å². The number of hydrogen-bond donors (Lipinski definition) is 1. The average molecular weight is 338 g/mol. The van der Waals surface area contributed by atoms with Gasteiger partial charge in [0.15, 0.2) is 0 Å². The molecule has 21 heavy (non-hydrogen) atoms. The molecule has 124 valence electrons. The summed E-state index contributed by atoms with van der Waals surface area (Å²) in [6.45, 7) is 6.07. The monoisotopic (exact) mass is 337 g/mol. The number of rotatable bonds is 5. The van der Waals surface area contributed by atoms with Gasteiger partial charge in [-0.05, 0) is 64.1 Å². The molecule has 4 nitrogen and oxygen atoms in total. The molecule has 0 bridgehead atoms. The smallest absolute Gasteiger partial charge is 0.236 e. The summed E-state index contributed by atoms with van der Waals surface area (Å²) in [6.07, 6.45) is 7.78. The van der Waals surface area contributed by atoms with E-state index in [0.29, 0.717) is 12.5 Å². The van der Waals surface area contributed by atoms with Crippen molar-refractivity contribution in [2.75, 3.05) is 39.3 Å². The molecule has 3 aliphatic rings. The number of amides is 1. The molecule has 0 aromatic rings. The van der Waals surface area contributed by atoms with Crippen LogP contribution in [-0.4, -0.2) is 61.0 Å². The maximum absolute atomic E-state index is 12.1. The van der Waals surface area contributed by atoms with Crippen LogP contribution in [0.4, 0.5) is 0 Å². The van der Waals surface area contributed by atoms with E-state index in [4.69, 9.17) is 0 Å². The van der Waals surface area contributed by atoms with Crippen LogP contribution in [-0.2, 0) is 4.79 Å². The molecule has 1 aliphatic carbocycles. The maximum atomic E-state index is 12.1. The molecule has 0 aromatic heterocycles. The SMILES string of the molecule is Cl.Cl.O=C(CNCC1CC1)N1CCC(N2CCCC2)CC1. The predicted molar refractivity (Wildman–Crippen MR) is 90.5 cm³/mol. The standard InChI is InChI=1S/C15H27N3O.2ClH/c19-15(12-16-11-13-3-4-13)18-9-5-14(6-10-18)17-7-1-2-8-17;;/h13-14,16H,1-12H2;2*1H. The Kier molecular flexibility index (Phi) is 8.32. The first-order valence-corrected chi connectivity index (χ1v) is 8.05. The van der Waals surface area contributed by atoms with Gasteiger partial charge >= 0.3 is 0 Å². The van der Waals surface area contributed by atoms with Crippen LogP contribution >= 0.6 is 24.8 Å². The molecule has 1 saturated carbocycles. The van der Waals surface area contributed by atoms with Crippen LogP contribution in [0.15, 0.2) is 0 Å². The van der Waals surface area contributed by atoms with E-state index in [1.807, 2.05) is 0 Å². The average Bonchev–Trinajstić information content (AvgIpc) is 3.10. The lowest BCUT2D eigenvalue weighted by Gasteiger charge is -2.36. The van der Waals surface area contributed by atoms with Crippen LogP contribution < -0.4 is 5.32 Å². The molecule has 6 heteroatoms. The Balaban J connectivity index is 0.00000110. The number of carbonyl (C=O) groups excluding carboxylic acids is 1. The summed E-state index contributed by atoms with van der Waals surface area (Å²) in [5, 5.41) is 3.31. The fourth-order valence-electron chi connectivity index (χ4n) is 3.40. The van der Waals surface area contributed by atoms with Crippen LogP contribution in [0.2, 0.25) is 0 Å². The Labute approximate surface area is 140 Å². The summed E-state index contributed by atoms with van der Waals surface area (Å²) < 4.78 is 0. The van der Waals surface area contributed by atoms with Gasteiger partial charge in [-0.3, -0.25) is 4.79 Å². The maximum Gasteiger partial charge on any atom is 0.236 e. The summed E-state index contributed by atoms with van der Waals surface area (Å²) in [6, 6.07) is 0.742. The fraction of sp³-hybridized carbons (Fsp3) is 0.933. The van der Waals surface area contributed by atoms with Crippen molar-refractivity contribution in [1.29, 1.82) is 0 Å². The van der Waals surface area contributed by atoms with Gasteiger partial charge in [-0.1, -0.05) is 0 Å². The van der Waals surface area contributed by atoms with Gasteiger partial charge in [-0.25, -0.2) is 0 Å². The Hall–Kier alpha value is -0.0300. The molecular weight excluding hydrogens is 309 g/mol. The molecule has 0 radical (unpaired) electrons. The van der Waals surface area contributed by atoms with Gasteiger partial charge in [0.25, 0.3) is 0 Å². The zero-order valence-corrected chi connectivity index (χ0v) is 14.4. The number of nitrogens with one attached hydrogen (secondary N) is 1. The van der Waals surface area contributed by atoms with E-state index in [1.54, 1.807) is 0 Å². The first-order valence-electron chi connectivity index (χ1n) is 8.05. The van der Waals surface area contributed by atoms with E-state index >= 15 is 0 Å². The molecule has 0 aromatic carbocycles. The van der Waals surface area contributed by atoms with Crippen molar-refractivity contribution in [2.24, 2.45) is 5.92 Å². The highest BCUT2D eigenvalue weighted by Gasteiger charge is 2.28. The number of carbonyl (C=O) groups is 1. The zero-order chi connectivity index (χ0) is 13.1. The number of halogens is 2. The molecule has 2 saturated heterocycles. The molecule has 2 heterocycles. The third kappa shape index (κ3) is 5.59. The van der Waals surface area contributed by atoms with E-state index in [2.05, 4.69) is 15.1 Å². The van der Waals surface area contributed by atoms with Gasteiger partial charge in [0, 0.05) is 19.1 Å². The van der Waals surface area contributed by atoms with Crippen molar-refractivity contribution in [2.45, 2.75) is 44.6 Å². The van der Waals surface area contributed by atoms with Crippen molar-refractivity contribution in [3.05, 3.63) is 0 Å². The zero-order valence-electron chi connectivity index (χ0n) is 12.8. The van der Waals surface area contributed by atoms with Crippen molar-refractivity contribution >= 4 is 30.7 Å². The van der Waals surface area contributed by atoms with E-state index in [9.17, 15) is 4.79 Å². The number of nitrogens with zero attached hydrogens (tertiary/aromatic N) is 2. The number of hydrogen-bond acceptors (Lipinski definition) is 3. The number of piperidine rings is 1. The third-order valence-corrected chi connectivity index (χ3v) is 4.88. The van der Waals surface area contributed by atoms with Crippen LogP contribution in [0.1, 0.15) is 38.5 Å². The summed E-state index contributed by atoms with van der Waals surface area (Å²) >= 11 is 0. The second kappa shape index (κ2) is 9.19. The molecule has 3 rings (SSSR count). The van der Waals surface area contributed by atoms with Gasteiger partial charge < -0.3 is 15.1 Å². The van der Waals surface area contributed by atoms with Crippen LogP contribution in [0, 0.1) is 5.92 Å². The number of likely N-dealkylation sites (tertiary alicyclic amines) is 2. The van der Waals surface area contributed by atoms with E-state index in [-0.39, 0.29) is 24.8 Å². The lowest BCUT2D eigenvalue weighted by Crippen LogP contribution is -2.48. The van der Waals surface area contributed by atoms with Crippen molar-refractivity contribution in [1.82, 2.24) is 15.1 Å². The van der Waals surface area contributed by atoms with Gasteiger partial charge in [0.2, 0.25) is 5.91 Å². The van der Waals surface area contributed by atoms with Crippen LogP contribution in [0.5, 0.6) is 0 Å². The highest BCUT2D eigenvalue weighted by molar-refractivity contribution is 5.85. The minimum Gasteiger partial charge on any atom is -0.341 e. The second-order valence-corrected chi connectivity index (χ2v) is 6.43. The molecule has 1 amide bonds. The molecule has 2 aliphatic heterocycles. The van der Waals surface area contributed by atoms with Gasteiger partial charge in [-0.2, -0.15) is 0 Å². The molecule has 1 N–H and O–H groups in total. The largest absolute Gasteiger partial charge is 0.341 e. The first kappa shape index (κ1) is 19.0. The van der Waals surface area contributed by atoms with Crippen molar-refractivity contribution < 1.29 is 4.79 Å². The molecular formula is C15H29Cl2N3O. The van der Waals surface area contributed by atoms with Gasteiger partial charge in [-0.15, -0.1) is 24.8 Å². The summed E-state index contributed by atoms with van der Waals surface area (Å²) in [7, 11) is 0. The highest BCUT2D eigenvalue weighted by Crippen LogP contribution is 2.27. The molecule has 0 unspecified atom stereocenters. The lowest BCUT2D eigenvalue weighted by atomic mass is 10.0. The van der Waals surface area contributed by atoms with E-state index < -0.39 is 0 Å². The Morgan fingerprint density at radius 3 is 2.14 bits per heavy atom. The topological polar surface area (TPSA) is 35.6 Å². The lowest BCUT2D eigenvalue weighted by molar-refractivity contribution is -0.131. The van der Waals surface area contributed by atoms with E-state index in [0.717, 1.165) is 31.6 Å². The van der Waals surface area contributed by atoms with Crippen molar-refractivity contribution in [3.8, 4) is 0 Å². The second-order valence-electron chi connectivity index (χ2n) is 6.43. The summed E-state index contributed by atoms with van der Waals surface area (Å²) in [5.74, 6) is 1.16. The molecule has 0 spiro atoms. The third-order valence-electron chi connectivity index (χ3n) is 4.88. The van der Waals surface area contributed by atoms with Gasteiger partial charge in [0.05, 0.1) is 6.54 Å².